The van der Waals surface area contributed by atoms with Gasteiger partial charge in [-0.25, -0.2) is 4.79 Å². The van der Waals surface area contributed by atoms with Crippen molar-refractivity contribution in [3.63, 3.8) is 0 Å². The zero-order valence-corrected chi connectivity index (χ0v) is 10.8. The van der Waals surface area contributed by atoms with Crippen molar-refractivity contribution in [3.8, 4) is 0 Å². The molecule has 0 saturated carbocycles. The molecule has 5 heteroatoms. The fourth-order valence-electron chi connectivity index (χ4n) is 1.61. The van der Waals surface area contributed by atoms with Gasteiger partial charge >= 0.3 is 5.63 Å². The highest BCUT2D eigenvalue weighted by Crippen LogP contribution is 2.12. The van der Waals surface area contributed by atoms with Crippen LogP contribution in [0, 0.1) is 0 Å². The number of rotatable bonds is 3. The third kappa shape index (κ3) is 3.20. The molecule has 0 spiro atoms. The lowest BCUT2D eigenvalue weighted by atomic mass is 10.1. The van der Waals surface area contributed by atoms with Crippen LogP contribution in [-0.2, 0) is 0 Å². The van der Waals surface area contributed by atoms with Crippen LogP contribution in [0.5, 0.6) is 0 Å². The molecule has 100 valence electrons. The average molecular weight is 261 g/mol. The summed E-state index contributed by atoms with van der Waals surface area (Å²) in [6.07, 6.45) is 0. The molecule has 19 heavy (non-hydrogen) atoms. The number of amides is 1. The van der Waals surface area contributed by atoms with Crippen LogP contribution in [0.1, 0.15) is 24.2 Å². The van der Waals surface area contributed by atoms with Crippen molar-refractivity contribution >= 4 is 16.9 Å². The Morgan fingerprint density at radius 3 is 2.74 bits per heavy atom. The molecule has 2 rings (SSSR count). The molecule has 0 bridgehead atoms. The molecule has 1 heterocycles. The molecule has 0 radical (unpaired) electrons. The predicted molar refractivity (Wildman–Crippen MR) is 71.1 cm³/mol. The van der Waals surface area contributed by atoms with Crippen LogP contribution in [0.3, 0.4) is 0 Å². The van der Waals surface area contributed by atoms with Crippen LogP contribution in [0.2, 0.25) is 0 Å². The van der Waals surface area contributed by atoms with Crippen LogP contribution in [0.4, 0.5) is 0 Å². The van der Waals surface area contributed by atoms with Crippen LogP contribution in [0.25, 0.3) is 11.0 Å². The van der Waals surface area contributed by atoms with E-state index in [2.05, 4.69) is 5.32 Å². The molecule has 2 N–H and O–H groups in total. The van der Waals surface area contributed by atoms with Gasteiger partial charge in [0.15, 0.2) is 0 Å². The largest absolute Gasteiger partial charge is 0.422 e. The van der Waals surface area contributed by atoms with E-state index in [0.717, 1.165) is 0 Å². The normalized spacial score (nSPS) is 11.5. The fraction of sp³-hybridized carbons (Fsp3) is 0.286. The van der Waals surface area contributed by atoms with Crippen molar-refractivity contribution in [2.75, 3.05) is 6.54 Å². The lowest BCUT2D eigenvalue weighted by molar-refractivity contribution is 0.0692. The number of hydrogen-bond acceptors (Lipinski definition) is 4. The number of aliphatic hydroxyl groups is 1. The number of carbonyl (C=O) groups excluding carboxylic acids is 1. The SMILES string of the molecule is CC(C)(O)CNC(=O)c1cc2ccccc2oc1=O. The summed E-state index contributed by atoms with van der Waals surface area (Å²) in [5.41, 5.74) is -1.35. The lowest BCUT2D eigenvalue weighted by Gasteiger charge is -2.17. The maximum absolute atomic E-state index is 11.9. The van der Waals surface area contributed by atoms with Gasteiger partial charge in [0.25, 0.3) is 5.91 Å². The van der Waals surface area contributed by atoms with Crippen molar-refractivity contribution in [2.24, 2.45) is 0 Å². The zero-order chi connectivity index (χ0) is 14.0. The van der Waals surface area contributed by atoms with Crippen LogP contribution in [0.15, 0.2) is 39.5 Å². The molecule has 0 fully saturated rings. The van der Waals surface area contributed by atoms with E-state index in [9.17, 15) is 14.7 Å². The van der Waals surface area contributed by atoms with E-state index < -0.39 is 17.1 Å². The summed E-state index contributed by atoms with van der Waals surface area (Å²) in [6.45, 7) is 3.18. The van der Waals surface area contributed by atoms with Crippen LogP contribution in [-0.4, -0.2) is 23.2 Å². The van der Waals surface area contributed by atoms with Crippen molar-refractivity contribution in [1.82, 2.24) is 5.32 Å². The first kappa shape index (κ1) is 13.3. The van der Waals surface area contributed by atoms with E-state index in [1.54, 1.807) is 38.1 Å². The van der Waals surface area contributed by atoms with Gasteiger partial charge in [-0.1, -0.05) is 18.2 Å². The fourth-order valence-corrected chi connectivity index (χ4v) is 1.61. The molecule has 5 nitrogen and oxygen atoms in total. The van der Waals surface area contributed by atoms with Gasteiger partial charge in [0.05, 0.1) is 5.60 Å². The van der Waals surface area contributed by atoms with Gasteiger partial charge in [-0.2, -0.15) is 0 Å². The second-order valence-electron chi connectivity index (χ2n) is 4.98. The van der Waals surface area contributed by atoms with Gasteiger partial charge in [-0.15, -0.1) is 0 Å². The number of benzene rings is 1. The molecule has 0 atom stereocenters. The number of para-hydroxylation sites is 1. The first-order valence-corrected chi connectivity index (χ1v) is 5.90. The quantitative estimate of drug-likeness (QED) is 0.816. The molecule has 0 aliphatic heterocycles. The second kappa shape index (κ2) is 4.85. The molecule has 0 unspecified atom stereocenters. The van der Waals surface area contributed by atoms with Gasteiger partial charge in [0.1, 0.15) is 11.1 Å². The Bertz CT molecular complexity index is 667. The Morgan fingerprint density at radius 2 is 2.05 bits per heavy atom. The van der Waals surface area contributed by atoms with Crippen molar-refractivity contribution in [3.05, 3.63) is 46.3 Å². The third-order valence-corrected chi connectivity index (χ3v) is 2.57. The Balaban J connectivity index is 2.32. The Hall–Kier alpha value is -2.14. The van der Waals surface area contributed by atoms with Crippen molar-refractivity contribution in [1.29, 1.82) is 0 Å². The summed E-state index contributed by atoms with van der Waals surface area (Å²) in [5, 5.41) is 12.7. The molecule has 1 amide bonds. The summed E-state index contributed by atoms with van der Waals surface area (Å²) < 4.78 is 5.07. The van der Waals surface area contributed by atoms with E-state index in [0.29, 0.717) is 11.0 Å². The van der Waals surface area contributed by atoms with Gasteiger partial charge in [0, 0.05) is 11.9 Å². The van der Waals surface area contributed by atoms with Crippen LogP contribution < -0.4 is 10.9 Å². The molecule has 0 saturated heterocycles. The highest BCUT2D eigenvalue weighted by molar-refractivity contribution is 5.96. The van der Waals surface area contributed by atoms with E-state index >= 15 is 0 Å². The minimum atomic E-state index is -1.04. The molecule has 0 aliphatic rings. The minimum absolute atomic E-state index is 0.0537. The monoisotopic (exact) mass is 261 g/mol. The average Bonchev–Trinajstić information content (AvgIpc) is 2.34. The van der Waals surface area contributed by atoms with E-state index in [1.165, 1.54) is 6.07 Å². The number of nitrogens with one attached hydrogen (secondary N) is 1. The highest BCUT2D eigenvalue weighted by atomic mass is 16.4. The van der Waals surface area contributed by atoms with E-state index in [4.69, 9.17) is 4.42 Å². The summed E-state index contributed by atoms with van der Waals surface area (Å²) in [5.74, 6) is -0.554. The Kier molecular flexibility index (Phi) is 3.40. The number of carbonyl (C=O) groups is 1. The summed E-state index contributed by atoms with van der Waals surface area (Å²) in [4.78, 5) is 23.6. The first-order chi connectivity index (χ1) is 8.87. The smallest absolute Gasteiger partial charge is 0.349 e. The molecule has 0 aliphatic carbocycles. The van der Waals surface area contributed by atoms with Crippen molar-refractivity contribution < 1.29 is 14.3 Å². The molecular weight excluding hydrogens is 246 g/mol. The Morgan fingerprint density at radius 1 is 1.37 bits per heavy atom. The maximum atomic E-state index is 11.9. The summed E-state index contributed by atoms with van der Waals surface area (Å²) in [6, 6.07) is 8.45. The molecule has 2 aromatic rings. The van der Waals surface area contributed by atoms with E-state index in [-0.39, 0.29) is 12.1 Å². The third-order valence-electron chi connectivity index (χ3n) is 2.57. The molecule has 1 aromatic carbocycles. The molecule has 1 aromatic heterocycles. The standard InChI is InChI=1S/C14H15NO4/c1-14(2,18)8-15-12(16)10-7-9-5-3-4-6-11(9)19-13(10)17/h3-7,18H,8H2,1-2H3,(H,15,16). The number of fused-ring (bicyclic) bond motifs is 1. The van der Waals surface area contributed by atoms with E-state index in [1.807, 2.05) is 0 Å². The second-order valence-corrected chi connectivity index (χ2v) is 4.98. The summed E-state index contributed by atoms with van der Waals surface area (Å²) >= 11 is 0. The number of hydrogen-bond donors (Lipinski definition) is 2. The maximum Gasteiger partial charge on any atom is 0.349 e. The predicted octanol–water partition coefficient (Wildman–Crippen LogP) is 1.29. The van der Waals surface area contributed by atoms with Gasteiger partial charge < -0.3 is 14.8 Å². The Labute approximate surface area is 109 Å². The molecular formula is C14H15NO4. The van der Waals surface area contributed by atoms with Gasteiger partial charge in [-0.3, -0.25) is 4.79 Å². The van der Waals surface area contributed by atoms with Gasteiger partial charge in [-0.05, 0) is 26.0 Å². The highest BCUT2D eigenvalue weighted by Gasteiger charge is 2.17. The topological polar surface area (TPSA) is 79.5 Å². The first-order valence-electron chi connectivity index (χ1n) is 5.90. The zero-order valence-electron chi connectivity index (χ0n) is 10.8. The van der Waals surface area contributed by atoms with Crippen LogP contribution >= 0.6 is 0 Å². The lowest BCUT2D eigenvalue weighted by Crippen LogP contribution is -2.39. The van der Waals surface area contributed by atoms with Crippen molar-refractivity contribution in [2.45, 2.75) is 19.4 Å². The summed E-state index contributed by atoms with van der Waals surface area (Å²) in [7, 11) is 0. The minimum Gasteiger partial charge on any atom is -0.422 e. The van der Waals surface area contributed by atoms with Gasteiger partial charge in [0.2, 0.25) is 0 Å².